The molecular weight excluding hydrogens is 1060 g/mol. The van der Waals surface area contributed by atoms with Gasteiger partial charge in [0, 0.05) is 69.8 Å². The fourth-order valence-electron chi connectivity index (χ4n) is 12.2. The van der Waals surface area contributed by atoms with Crippen molar-refractivity contribution in [3.8, 4) is 68.3 Å². The zero-order valence-electron chi connectivity index (χ0n) is 45.6. The summed E-state index contributed by atoms with van der Waals surface area (Å²) < 4.78 is 8.61. The van der Waals surface area contributed by atoms with E-state index in [-0.39, 0.29) is 0 Å². The molecule has 0 unspecified atom stereocenters. The number of imidazole rings is 4. The first-order valence-electron chi connectivity index (χ1n) is 28.1. The van der Waals surface area contributed by atoms with Gasteiger partial charge < -0.3 is 0 Å². The summed E-state index contributed by atoms with van der Waals surface area (Å²) in [5.41, 5.74) is 14.2. The van der Waals surface area contributed by atoms with E-state index in [2.05, 4.69) is 212 Å². The lowest BCUT2D eigenvalue weighted by Crippen LogP contribution is -2.74. The highest BCUT2D eigenvalue weighted by Gasteiger charge is 2.42. The third kappa shape index (κ3) is 8.28. The van der Waals surface area contributed by atoms with Crippen molar-refractivity contribution >= 4 is 73.5 Å². The topological polar surface area (TPSA) is 123 Å². The third-order valence-corrected chi connectivity index (χ3v) is 20.8. The van der Waals surface area contributed by atoms with Gasteiger partial charge in [0.15, 0.2) is 30.7 Å². The second-order valence-electron chi connectivity index (χ2n) is 20.9. The van der Waals surface area contributed by atoms with Crippen LogP contribution in [0.15, 0.2) is 292 Å². The maximum Gasteiger partial charge on any atom is 0.179 e. The molecule has 0 saturated carbocycles. The van der Waals surface area contributed by atoms with Crippen molar-refractivity contribution in [2.45, 2.75) is 0 Å². The smallest absolute Gasteiger partial charge is 0.179 e. The molecule has 0 aliphatic carbocycles. The lowest BCUT2D eigenvalue weighted by Gasteiger charge is -2.35. The highest BCUT2D eigenvalue weighted by molar-refractivity contribution is 7.19. The highest BCUT2D eigenvalue weighted by Crippen LogP contribution is 2.33. The standard InChI is InChI=1S/C72H48N12Si/c1-5-17-53(18-6-1)81-65(77-61-25-13-45-73-69(61)81)49-29-37-57(38-30-49)85(58-39-31-50(32-40-58)66-78-62-26-14-46-74-70(62)82(66)54-19-7-2-8-20-54,59-41-33-51(34-42-59)67-79-63-27-15-47-75-71(63)83(67)55-21-9-3-10-22-55)60-43-35-52(36-44-60)68-80-64-28-16-48-76-72(64)84(68)56-23-11-4-12-24-56/h1-48H. The second kappa shape index (κ2) is 20.5. The summed E-state index contributed by atoms with van der Waals surface area (Å²) in [4.78, 5) is 40.4. The van der Waals surface area contributed by atoms with Gasteiger partial charge in [0.2, 0.25) is 0 Å². The van der Waals surface area contributed by atoms with Gasteiger partial charge >= 0.3 is 0 Å². The van der Waals surface area contributed by atoms with Gasteiger partial charge in [0.1, 0.15) is 45.4 Å². The summed E-state index contributed by atoms with van der Waals surface area (Å²) in [6.07, 6.45) is 7.31. The largest absolute Gasteiger partial charge is 0.277 e. The summed E-state index contributed by atoms with van der Waals surface area (Å²) >= 11 is 0. The van der Waals surface area contributed by atoms with Gasteiger partial charge in [0.25, 0.3) is 0 Å². The number of para-hydroxylation sites is 4. The van der Waals surface area contributed by atoms with E-state index in [1.807, 2.05) is 97.6 Å². The Labute approximate surface area is 489 Å². The number of benzene rings is 8. The Morgan fingerprint density at radius 3 is 0.635 bits per heavy atom. The van der Waals surface area contributed by atoms with Crippen LogP contribution in [0.4, 0.5) is 0 Å². The van der Waals surface area contributed by atoms with Gasteiger partial charge in [-0.2, -0.15) is 0 Å². The fourth-order valence-corrected chi connectivity index (χ4v) is 16.9. The average Bonchev–Trinajstić information content (AvgIpc) is 1.98. The van der Waals surface area contributed by atoms with E-state index in [9.17, 15) is 0 Å². The lowest BCUT2D eigenvalue weighted by atomic mass is 10.2. The van der Waals surface area contributed by atoms with E-state index < -0.39 is 8.07 Å². The van der Waals surface area contributed by atoms with Crippen LogP contribution in [0.2, 0.25) is 0 Å². The molecule has 0 amide bonds. The zero-order chi connectivity index (χ0) is 56.3. The number of aromatic nitrogens is 12. The molecule has 0 aliphatic heterocycles. The molecular formula is C72H48N12Si. The van der Waals surface area contributed by atoms with E-state index in [1.165, 1.54) is 20.7 Å². The Balaban J connectivity index is 0.930. The van der Waals surface area contributed by atoms with Crippen molar-refractivity contribution in [3.63, 3.8) is 0 Å². The van der Waals surface area contributed by atoms with Crippen molar-refractivity contribution in [2.75, 3.05) is 0 Å². The van der Waals surface area contributed by atoms with E-state index >= 15 is 0 Å². The Hall–Kier alpha value is -11.5. The summed E-state index contributed by atoms with van der Waals surface area (Å²) in [6.45, 7) is 0. The number of fused-ring (bicyclic) bond motifs is 4. The molecule has 0 atom stereocenters. The molecule has 0 spiro atoms. The molecule has 400 valence electrons. The normalized spacial score (nSPS) is 11.8. The number of hydrogen-bond donors (Lipinski definition) is 0. The summed E-state index contributed by atoms with van der Waals surface area (Å²) in [6, 6.07) is 93.6. The van der Waals surface area contributed by atoms with E-state index in [4.69, 9.17) is 39.9 Å². The molecule has 0 bridgehead atoms. The van der Waals surface area contributed by atoms with Crippen LogP contribution < -0.4 is 20.7 Å². The maximum atomic E-state index is 5.25. The van der Waals surface area contributed by atoms with Crippen LogP contribution in [0.5, 0.6) is 0 Å². The molecule has 8 heterocycles. The van der Waals surface area contributed by atoms with Crippen molar-refractivity contribution in [1.82, 2.24) is 58.1 Å². The molecule has 16 rings (SSSR count). The predicted molar refractivity (Wildman–Crippen MR) is 341 cm³/mol. The Morgan fingerprint density at radius 1 is 0.212 bits per heavy atom. The Kier molecular flexibility index (Phi) is 11.9. The fraction of sp³-hybridized carbons (Fsp3) is 0. The quantitative estimate of drug-likeness (QED) is 0.0875. The third-order valence-electron chi connectivity index (χ3n) is 16.0. The monoisotopic (exact) mass is 1110 g/mol. The molecule has 13 heteroatoms. The molecule has 0 fully saturated rings. The number of hydrogen-bond acceptors (Lipinski definition) is 8. The number of pyridine rings is 4. The van der Waals surface area contributed by atoms with Crippen LogP contribution in [-0.2, 0) is 0 Å². The van der Waals surface area contributed by atoms with Crippen LogP contribution in [-0.4, -0.2) is 66.2 Å². The van der Waals surface area contributed by atoms with Crippen LogP contribution in [0.1, 0.15) is 0 Å². The summed E-state index contributed by atoms with van der Waals surface area (Å²) in [5.74, 6) is 3.22. The molecule has 85 heavy (non-hydrogen) atoms. The SMILES string of the molecule is c1ccc(-n2c(-c3ccc([Si](c4ccc(-c5nc6cccnc6n5-c5ccccc5)cc4)(c4ccc(-c5nc6cccnc6n5-c5ccccc5)cc4)c4ccc(-c5nc6cccnc6n5-c5ccccc5)cc4)cc3)nc3cccnc32)cc1. The second-order valence-corrected chi connectivity index (χ2v) is 24.7. The van der Waals surface area contributed by atoms with Crippen molar-refractivity contribution in [3.05, 3.63) is 292 Å². The van der Waals surface area contributed by atoms with Gasteiger partial charge in [-0.1, -0.05) is 170 Å². The van der Waals surface area contributed by atoms with Crippen LogP contribution in [0, 0.1) is 0 Å². The Morgan fingerprint density at radius 2 is 0.424 bits per heavy atom. The van der Waals surface area contributed by atoms with Crippen molar-refractivity contribution in [1.29, 1.82) is 0 Å². The predicted octanol–water partition coefficient (Wildman–Crippen LogP) is 12.7. The van der Waals surface area contributed by atoms with Gasteiger partial charge in [-0.05, 0) is 118 Å². The number of nitrogens with zero attached hydrogens (tertiary/aromatic N) is 12. The van der Waals surface area contributed by atoms with Gasteiger partial charge in [0.05, 0.1) is 0 Å². The zero-order valence-corrected chi connectivity index (χ0v) is 46.6. The summed E-state index contributed by atoms with van der Waals surface area (Å²) in [7, 11) is -3.39. The van der Waals surface area contributed by atoms with Gasteiger partial charge in [-0.15, -0.1) is 0 Å². The molecule has 0 aliphatic rings. The average molecular weight is 1110 g/mol. The first-order chi connectivity index (χ1) is 42.2. The lowest BCUT2D eigenvalue weighted by molar-refractivity contribution is 1.08. The van der Waals surface area contributed by atoms with Crippen molar-refractivity contribution < 1.29 is 0 Å². The highest BCUT2D eigenvalue weighted by atomic mass is 28.3. The van der Waals surface area contributed by atoms with E-state index in [1.54, 1.807) is 0 Å². The maximum absolute atomic E-state index is 5.25. The van der Waals surface area contributed by atoms with E-state index in [0.717, 1.165) is 113 Å². The van der Waals surface area contributed by atoms with Gasteiger partial charge in [-0.25, -0.2) is 39.9 Å². The van der Waals surface area contributed by atoms with Gasteiger partial charge in [-0.3, -0.25) is 18.3 Å². The molecule has 0 radical (unpaired) electrons. The molecule has 0 saturated heterocycles. The molecule has 12 nitrogen and oxygen atoms in total. The summed E-state index contributed by atoms with van der Waals surface area (Å²) in [5, 5.41) is 4.69. The minimum Gasteiger partial charge on any atom is -0.277 e. The molecule has 8 aromatic heterocycles. The van der Waals surface area contributed by atoms with E-state index in [0.29, 0.717) is 0 Å². The van der Waals surface area contributed by atoms with Crippen LogP contribution in [0.3, 0.4) is 0 Å². The molecule has 16 aromatic rings. The molecule has 8 aromatic carbocycles. The Bertz CT molecular complexity index is 4430. The first kappa shape index (κ1) is 49.3. The number of rotatable bonds is 12. The minimum absolute atomic E-state index is 0.793. The van der Waals surface area contributed by atoms with Crippen molar-refractivity contribution in [2.24, 2.45) is 0 Å². The minimum atomic E-state index is -3.39. The first-order valence-corrected chi connectivity index (χ1v) is 30.1. The molecule has 0 N–H and O–H groups in total. The van der Waals surface area contributed by atoms with Crippen LogP contribution >= 0.6 is 0 Å². The van der Waals surface area contributed by atoms with Crippen LogP contribution in [0.25, 0.3) is 113 Å².